The zero-order valence-electron chi connectivity index (χ0n) is 12.8. The molecule has 0 radical (unpaired) electrons. The van der Waals surface area contributed by atoms with Crippen LogP contribution in [0.5, 0.6) is 0 Å². The quantitative estimate of drug-likeness (QED) is 0.859. The Labute approximate surface area is 130 Å². The van der Waals surface area contributed by atoms with Crippen LogP contribution in [0.1, 0.15) is 31.4 Å². The smallest absolute Gasteiger partial charge is 0.222 e. The largest absolute Gasteiger partial charge is 0.341 e. The molecule has 0 spiro atoms. The Balaban J connectivity index is 1.94. The summed E-state index contributed by atoms with van der Waals surface area (Å²) in [5, 5.41) is 3.22. The van der Waals surface area contributed by atoms with Crippen molar-refractivity contribution in [2.45, 2.75) is 30.7 Å². The van der Waals surface area contributed by atoms with Gasteiger partial charge in [0.2, 0.25) is 5.91 Å². The summed E-state index contributed by atoms with van der Waals surface area (Å²) in [4.78, 5) is 13.0. The minimum absolute atomic E-state index is 0.124. The predicted octanol–water partition coefficient (Wildman–Crippen LogP) is 1.50. The molecule has 0 saturated carbocycles. The van der Waals surface area contributed by atoms with Crippen LogP contribution < -0.4 is 5.32 Å². The van der Waals surface area contributed by atoms with E-state index in [2.05, 4.69) is 5.32 Å². The number of amides is 1. The normalized spacial score (nSPS) is 17.0. The lowest BCUT2D eigenvalue weighted by Gasteiger charge is -2.19. The number of likely N-dealkylation sites (tertiary alicyclic amines) is 1. The highest BCUT2D eigenvalue weighted by Crippen LogP contribution is 2.20. The lowest BCUT2D eigenvalue weighted by atomic mass is 10.1. The minimum Gasteiger partial charge on any atom is -0.341 e. The second-order valence-corrected chi connectivity index (χ2v) is 7.61. The van der Waals surface area contributed by atoms with Gasteiger partial charge in [0, 0.05) is 38.4 Å². The van der Waals surface area contributed by atoms with Crippen LogP contribution >= 0.6 is 0 Å². The molecule has 1 heterocycles. The number of hydrogen-bond donors (Lipinski definition) is 1. The number of sulfone groups is 1. The minimum atomic E-state index is -3.55. The van der Waals surface area contributed by atoms with Crippen LogP contribution in [0, 0.1) is 5.82 Å². The molecule has 1 atom stereocenters. The fourth-order valence-electron chi connectivity index (χ4n) is 2.56. The summed E-state index contributed by atoms with van der Waals surface area (Å²) in [5.74, 6) is -0.554. The molecule has 1 aromatic rings. The second-order valence-electron chi connectivity index (χ2n) is 5.62. The molecule has 1 aliphatic heterocycles. The van der Waals surface area contributed by atoms with Gasteiger partial charge in [0.1, 0.15) is 10.7 Å². The molecule has 1 saturated heterocycles. The van der Waals surface area contributed by atoms with E-state index in [4.69, 9.17) is 0 Å². The maximum Gasteiger partial charge on any atom is 0.222 e. The van der Waals surface area contributed by atoms with E-state index in [1.807, 2.05) is 11.8 Å². The van der Waals surface area contributed by atoms with Gasteiger partial charge in [-0.15, -0.1) is 0 Å². The summed E-state index contributed by atoms with van der Waals surface area (Å²) in [6.07, 6.45) is 2.51. The third-order valence-electron chi connectivity index (χ3n) is 3.86. The highest BCUT2D eigenvalue weighted by molar-refractivity contribution is 7.90. The van der Waals surface area contributed by atoms with Crippen LogP contribution in [0.3, 0.4) is 0 Å². The number of rotatable bonds is 6. The van der Waals surface area contributed by atoms with Crippen molar-refractivity contribution >= 4 is 15.7 Å². The number of nitrogens with zero attached hydrogens (tertiary/aromatic N) is 1. The van der Waals surface area contributed by atoms with Gasteiger partial charge in [-0.3, -0.25) is 4.79 Å². The Morgan fingerprint density at radius 3 is 2.68 bits per heavy atom. The summed E-state index contributed by atoms with van der Waals surface area (Å²) < 4.78 is 36.6. The van der Waals surface area contributed by atoms with Crippen molar-refractivity contribution in [3.8, 4) is 0 Å². The lowest BCUT2D eigenvalue weighted by molar-refractivity contribution is -0.127. The fraction of sp³-hybridized carbons (Fsp3) is 0.533. The van der Waals surface area contributed by atoms with Crippen molar-refractivity contribution in [3.05, 3.63) is 29.6 Å². The molecule has 0 aromatic heterocycles. The van der Waals surface area contributed by atoms with Crippen molar-refractivity contribution in [2.75, 3.05) is 25.9 Å². The number of carbonyl (C=O) groups excluding carboxylic acids is 1. The van der Waals surface area contributed by atoms with Crippen LogP contribution in [0.4, 0.5) is 4.39 Å². The van der Waals surface area contributed by atoms with Gasteiger partial charge in [0.25, 0.3) is 0 Å². The number of benzene rings is 1. The number of nitrogens with one attached hydrogen (secondary N) is 1. The van der Waals surface area contributed by atoms with Crippen LogP contribution in [0.25, 0.3) is 0 Å². The van der Waals surface area contributed by atoms with Crippen molar-refractivity contribution in [3.63, 3.8) is 0 Å². The number of carbonyl (C=O) groups is 1. The molecule has 22 heavy (non-hydrogen) atoms. The van der Waals surface area contributed by atoms with Crippen molar-refractivity contribution in [1.29, 1.82) is 0 Å². The van der Waals surface area contributed by atoms with E-state index >= 15 is 0 Å². The Hall–Kier alpha value is -1.47. The summed E-state index contributed by atoms with van der Waals surface area (Å²) in [5.41, 5.74) is 0.678. The molecule has 7 heteroatoms. The maximum absolute atomic E-state index is 13.9. The average Bonchev–Trinajstić information content (AvgIpc) is 2.82. The summed E-state index contributed by atoms with van der Waals surface area (Å²) >= 11 is 0. The fourth-order valence-corrected chi connectivity index (χ4v) is 3.29. The van der Waals surface area contributed by atoms with Gasteiger partial charge >= 0.3 is 0 Å². The topological polar surface area (TPSA) is 66.5 Å². The monoisotopic (exact) mass is 328 g/mol. The molecule has 0 unspecified atom stereocenters. The summed E-state index contributed by atoms with van der Waals surface area (Å²) in [6, 6.07) is 4.02. The first-order chi connectivity index (χ1) is 10.3. The molecule has 1 aromatic carbocycles. The molecule has 0 bridgehead atoms. The molecule has 1 amide bonds. The van der Waals surface area contributed by atoms with E-state index < -0.39 is 15.7 Å². The lowest BCUT2D eigenvalue weighted by Crippen LogP contribution is -2.33. The Morgan fingerprint density at radius 1 is 1.41 bits per heavy atom. The highest BCUT2D eigenvalue weighted by Gasteiger charge is 2.20. The van der Waals surface area contributed by atoms with Gasteiger partial charge in [-0.2, -0.15) is 0 Å². The van der Waals surface area contributed by atoms with E-state index in [1.54, 1.807) is 6.07 Å². The molecular formula is C15H21FN2O3S. The zero-order valence-corrected chi connectivity index (χ0v) is 13.6. The molecular weight excluding hydrogens is 307 g/mol. The molecule has 1 fully saturated rings. The van der Waals surface area contributed by atoms with Gasteiger partial charge in [-0.25, -0.2) is 12.8 Å². The van der Waals surface area contributed by atoms with Crippen molar-refractivity contribution in [2.24, 2.45) is 0 Å². The maximum atomic E-state index is 13.9. The van der Waals surface area contributed by atoms with Crippen LogP contribution in [0.15, 0.2) is 23.1 Å². The molecule has 1 N–H and O–H groups in total. The average molecular weight is 328 g/mol. The Kier molecular flexibility index (Phi) is 5.18. The molecule has 122 valence electrons. The highest BCUT2D eigenvalue weighted by atomic mass is 32.2. The molecule has 2 rings (SSSR count). The molecule has 0 aliphatic carbocycles. The first-order valence-electron chi connectivity index (χ1n) is 7.29. The predicted molar refractivity (Wildman–Crippen MR) is 81.7 cm³/mol. The van der Waals surface area contributed by atoms with E-state index in [1.165, 1.54) is 12.1 Å². The summed E-state index contributed by atoms with van der Waals surface area (Å²) in [6.45, 7) is 3.92. The molecule has 5 nitrogen and oxygen atoms in total. The van der Waals surface area contributed by atoms with Gasteiger partial charge in [0.05, 0.1) is 0 Å². The molecule has 1 aliphatic rings. The van der Waals surface area contributed by atoms with Gasteiger partial charge in [0.15, 0.2) is 9.84 Å². The van der Waals surface area contributed by atoms with E-state index in [9.17, 15) is 17.6 Å². The van der Waals surface area contributed by atoms with E-state index in [-0.39, 0.29) is 16.8 Å². The van der Waals surface area contributed by atoms with Gasteiger partial charge in [-0.05, 0) is 31.0 Å². The number of hydrogen-bond acceptors (Lipinski definition) is 4. The van der Waals surface area contributed by atoms with E-state index in [0.717, 1.165) is 19.2 Å². The van der Waals surface area contributed by atoms with Crippen molar-refractivity contribution in [1.82, 2.24) is 10.2 Å². The first-order valence-corrected chi connectivity index (χ1v) is 9.19. The SMILES string of the molecule is C[C@@H](NCCN1CCCC1=O)c1ccc(S(C)(=O)=O)c(F)c1. The standard InChI is InChI=1S/C15H21FN2O3S/c1-11(17-7-9-18-8-3-4-15(18)19)12-5-6-14(13(16)10-12)22(2,20)21/h5-6,10-11,17H,3-4,7-9H2,1-2H3/t11-/m1/s1. The van der Waals surface area contributed by atoms with Gasteiger partial charge < -0.3 is 10.2 Å². The third-order valence-corrected chi connectivity index (χ3v) is 4.99. The van der Waals surface area contributed by atoms with Crippen molar-refractivity contribution < 1.29 is 17.6 Å². The Morgan fingerprint density at radius 2 is 2.14 bits per heavy atom. The summed E-state index contributed by atoms with van der Waals surface area (Å²) in [7, 11) is -3.55. The third kappa shape index (κ3) is 4.04. The van der Waals surface area contributed by atoms with E-state index in [0.29, 0.717) is 25.1 Å². The first kappa shape index (κ1) is 16.9. The van der Waals surface area contributed by atoms with Crippen LogP contribution in [0.2, 0.25) is 0 Å². The Bertz CT molecular complexity index is 661. The second kappa shape index (κ2) is 6.75. The van der Waals surface area contributed by atoms with Crippen LogP contribution in [-0.2, 0) is 14.6 Å². The zero-order chi connectivity index (χ0) is 16.3. The van der Waals surface area contributed by atoms with Crippen LogP contribution in [-0.4, -0.2) is 45.1 Å². The van der Waals surface area contributed by atoms with Gasteiger partial charge in [-0.1, -0.05) is 6.07 Å². The number of halogens is 1.